The first kappa shape index (κ1) is 36.1. The first-order chi connectivity index (χ1) is 20.1. The van der Waals surface area contributed by atoms with Crippen molar-refractivity contribution in [3.05, 3.63) is 53.6 Å². The number of carbonyl (C=O) groups is 3. The van der Waals surface area contributed by atoms with Crippen LogP contribution in [0, 0.1) is 11.6 Å². The minimum atomic E-state index is -0.523. The lowest BCUT2D eigenvalue weighted by molar-refractivity contribution is 0.0230. The fraction of sp³-hybridized carbons (Fsp3) is 0.531. The second kappa shape index (κ2) is 15.1. The molecule has 0 aromatic heterocycles. The van der Waals surface area contributed by atoms with Gasteiger partial charge in [0.2, 0.25) is 0 Å². The Labute approximate surface area is 259 Å². The van der Waals surface area contributed by atoms with Crippen LogP contribution >= 0.6 is 0 Å². The highest BCUT2D eigenvalue weighted by Gasteiger charge is 2.28. The van der Waals surface area contributed by atoms with Crippen molar-refractivity contribution in [1.29, 1.82) is 0 Å². The number of halogens is 2. The maximum atomic E-state index is 14.0. The van der Waals surface area contributed by atoms with Gasteiger partial charge in [-0.1, -0.05) is 7.43 Å². The van der Waals surface area contributed by atoms with E-state index in [1.807, 2.05) is 51.3 Å². The Morgan fingerprint density at radius 2 is 1.09 bits per heavy atom. The van der Waals surface area contributed by atoms with Gasteiger partial charge >= 0.3 is 12.2 Å². The zero-order chi connectivity index (χ0) is 31.9. The van der Waals surface area contributed by atoms with Crippen LogP contribution in [0.5, 0.6) is 5.75 Å². The molecule has 0 spiro atoms. The van der Waals surface area contributed by atoms with Crippen molar-refractivity contribution in [1.82, 2.24) is 9.80 Å². The molecule has 2 aliphatic rings. The number of anilines is 2. The number of phenols is 1. The smallest absolute Gasteiger partial charge is 0.410 e. The Bertz CT molecular complexity index is 1280. The molecule has 4 rings (SSSR count). The molecule has 2 fully saturated rings. The van der Waals surface area contributed by atoms with Gasteiger partial charge in [-0.25, -0.2) is 18.4 Å². The lowest BCUT2D eigenvalue weighted by atomic mass is 10.2. The van der Waals surface area contributed by atoms with Gasteiger partial charge in [-0.05, 0) is 71.9 Å². The van der Waals surface area contributed by atoms with E-state index in [1.165, 1.54) is 12.1 Å². The average Bonchev–Trinajstić information content (AvgIpc) is 2.92. The average molecular weight is 621 g/mol. The van der Waals surface area contributed by atoms with E-state index in [0.717, 1.165) is 6.07 Å². The van der Waals surface area contributed by atoms with Gasteiger partial charge in [0.25, 0.3) is 0 Å². The van der Waals surface area contributed by atoms with Crippen LogP contribution in [0.3, 0.4) is 0 Å². The van der Waals surface area contributed by atoms with Gasteiger partial charge in [-0.15, -0.1) is 0 Å². The summed E-state index contributed by atoms with van der Waals surface area (Å²) in [5, 5.41) is 9.23. The molecule has 10 nitrogen and oxygen atoms in total. The monoisotopic (exact) mass is 620 g/mol. The number of piperazine rings is 2. The lowest BCUT2D eigenvalue weighted by Crippen LogP contribution is -2.50. The molecule has 244 valence electrons. The van der Waals surface area contributed by atoms with Crippen LogP contribution in [-0.4, -0.2) is 96.9 Å². The molecule has 0 aliphatic carbocycles. The topological polar surface area (TPSA) is 103 Å². The molecule has 2 amide bonds. The fourth-order valence-electron chi connectivity index (χ4n) is 4.52. The van der Waals surface area contributed by atoms with Crippen LogP contribution in [-0.2, 0) is 9.47 Å². The molecule has 2 aromatic rings. The summed E-state index contributed by atoms with van der Waals surface area (Å²) >= 11 is 0. The zero-order valence-corrected chi connectivity index (χ0v) is 25.7. The van der Waals surface area contributed by atoms with Gasteiger partial charge in [0.05, 0.1) is 11.4 Å². The van der Waals surface area contributed by atoms with E-state index in [1.54, 1.807) is 28.0 Å². The fourth-order valence-corrected chi connectivity index (χ4v) is 4.52. The highest BCUT2D eigenvalue weighted by atomic mass is 19.1. The van der Waals surface area contributed by atoms with Crippen LogP contribution in [0.25, 0.3) is 0 Å². The van der Waals surface area contributed by atoms with Gasteiger partial charge in [0, 0.05) is 64.0 Å². The van der Waals surface area contributed by atoms with Crippen LogP contribution in [0.15, 0.2) is 36.4 Å². The molecule has 12 heteroatoms. The second-order valence-corrected chi connectivity index (χ2v) is 12.4. The number of hydrogen-bond acceptors (Lipinski definition) is 8. The molecule has 0 saturated carbocycles. The maximum absolute atomic E-state index is 14.0. The molecule has 0 radical (unpaired) electrons. The van der Waals surface area contributed by atoms with E-state index in [2.05, 4.69) is 0 Å². The van der Waals surface area contributed by atoms with Crippen molar-refractivity contribution < 1.29 is 37.7 Å². The molecule has 2 heterocycles. The van der Waals surface area contributed by atoms with E-state index < -0.39 is 22.8 Å². The highest BCUT2D eigenvalue weighted by Crippen LogP contribution is 2.25. The van der Waals surface area contributed by atoms with Crippen molar-refractivity contribution >= 4 is 29.8 Å². The Morgan fingerprint density at radius 1 is 0.705 bits per heavy atom. The second-order valence-electron chi connectivity index (χ2n) is 12.4. The Balaban J connectivity index is 0.000000300. The Hall–Kier alpha value is -4.09. The number of nitrogens with zero attached hydrogens (tertiary/aromatic N) is 4. The van der Waals surface area contributed by atoms with Gasteiger partial charge in [0.1, 0.15) is 34.9 Å². The number of amides is 2. The Kier molecular flexibility index (Phi) is 12.4. The minimum absolute atomic E-state index is 0. The third-order valence-electron chi connectivity index (χ3n) is 6.58. The summed E-state index contributed by atoms with van der Waals surface area (Å²) in [6.45, 7) is 15.0. The van der Waals surface area contributed by atoms with Crippen molar-refractivity contribution in [3.63, 3.8) is 0 Å². The number of ether oxygens (including phenoxy) is 2. The summed E-state index contributed by atoms with van der Waals surface area (Å²) < 4.78 is 38.4. The van der Waals surface area contributed by atoms with Gasteiger partial charge in [-0.2, -0.15) is 0 Å². The number of aromatic hydroxyl groups is 1. The molecular weight excluding hydrogens is 574 g/mol. The minimum Gasteiger partial charge on any atom is -0.508 e. The summed E-state index contributed by atoms with van der Waals surface area (Å²) in [7, 11) is 0. The largest absolute Gasteiger partial charge is 0.508 e. The van der Waals surface area contributed by atoms with Crippen molar-refractivity contribution in [2.75, 3.05) is 62.2 Å². The van der Waals surface area contributed by atoms with Crippen molar-refractivity contribution in [3.8, 4) is 5.75 Å². The van der Waals surface area contributed by atoms with E-state index in [-0.39, 0.29) is 25.4 Å². The van der Waals surface area contributed by atoms with Crippen molar-refractivity contribution in [2.24, 2.45) is 0 Å². The number of carbonyl (C=O) groups excluding carboxylic acids is 3. The first-order valence-corrected chi connectivity index (χ1v) is 14.3. The zero-order valence-electron chi connectivity index (χ0n) is 25.7. The normalized spacial score (nSPS) is 15.5. The summed E-state index contributed by atoms with van der Waals surface area (Å²) in [4.78, 5) is 41.5. The molecule has 44 heavy (non-hydrogen) atoms. The third-order valence-corrected chi connectivity index (χ3v) is 6.58. The summed E-state index contributed by atoms with van der Waals surface area (Å²) in [6, 6.07) is 8.51. The predicted molar refractivity (Wildman–Crippen MR) is 167 cm³/mol. The number of rotatable bonds is 3. The molecule has 0 atom stereocenters. The van der Waals surface area contributed by atoms with E-state index in [9.17, 15) is 28.3 Å². The third kappa shape index (κ3) is 10.6. The number of aldehydes is 1. The molecular formula is C32H46F2N4O6. The Morgan fingerprint density at radius 3 is 1.43 bits per heavy atom. The van der Waals surface area contributed by atoms with Crippen molar-refractivity contribution in [2.45, 2.75) is 60.2 Å². The van der Waals surface area contributed by atoms with E-state index in [4.69, 9.17) is 9.47 Å². The first-order valence-electron chi connectivity index (χ1n) is 14.3. The number of hydrogen-bond donors (Lipinski definition) is 1. The SMILES string of the molecule is C.CC(C)(C)OC(=O)N1CCN(c2ccc(C=O)cc2F)CC1.CC(C)(C)OC(=O)N1CCN(c2ccc(O)cc2F)CC1. The van der Waals surface area contributed by atoms with Gasteiger partial charge in [-0.3, -0.25) is 4.79 Å². The molecule has 1 N–H and O–H groups in total. The molecule has 0 unspecified atom stereocenters. The predicted octanol–water partition coefficient (Wildman–Crippen LogP) is 5.92. The molecule has 2 saturated heterocycles. The molecule has 2 aromatic carbocycles. The number of benzene rings is 2. The van der Waals surface area contributed by atoms with E-state index in [0.29, 0.717) is 75.6 Å². The van der Waals surface area contributed by atoms with Crippen LogP contribution in [0.1, 0.15) is 59.3 Å². The van der Waals surface area contributed by atoms with Crippen LogP contribution in [0.4, 0.5) is 29.7 Å². The molecule has 0 bridgehead atoms. The number of phenolic OH excluding ortho intramolecular Hbond substituents is 1. The van der Waals surface area contributed by atoms with Crippen LogP contribution < -0.4 is 9.80 Å². The van der Waals surface area contributed by atoms with Gasteiger partial charge in [0.15, 0.2) is 0 Å². The summed E-state index contributed by atoms with van der Waals surface area (Å²) in [5.41, 5.74) is 0.169. The lowest BCUT2D eigenvalue weighted by Gasteiger charge is -2.36. The highest BCUT2D eigenvalue weighted by molar-refractivity contribution is 5.76. The summed E-state index contributed by atoms with van der Waals surface area (Å²) in [6.07, 6.45) is -0.0647. The van der Waals surface area contributed by atoms with E-state index >= 15 is 0 Å². The maximum Gasteiger partial charge on any atom is 0.410 e. The van der Waals surface area contributed by atoms with Gasteiger partial charge < -0.3 is 34.2 Å². The quantitative estimate of drug-likeness (QED) is 0.422. The van der Waals surface area contributed by atoms with Crippen LogP contribution in [0.2, 0.25) is 0 Å². The molecule has 2 aliphatic heterocycles. The summed E-state index contributed by atoms with van der Waals surface area (Å²) in [5.74, 6) is -0.973. The standard InChI is InChI=1S/C16H21FN2O3.C15H21FN2O3.CH4/c1-16(2,3)22-15(21)19-8-6-18(7-9-19)14-5-4-12(11-20)10-13(14)17;1-15(2,3)21-14(20)18-8-6-17(7-9-18)13-5-4-11(19)10-12(13)16;/h4-5,10-11H,6-9H2,1-3H3;4-5,10,19H,6-9H2,1-3H3;1H4.